The van der Waals surface area contributed by atoms with Gasteiger partial charge >= 0.3 is 6.18 Å². The fraction of sp³-hybridized carbons (Fsp3) is 0.269. The molecular weight excluding hydrogens is 485 g/mol. The maximum absolute atomic E-state index is 13.3. The number of carbonyl (C=O) groups excluding carboxylic acids is 1. The van der Waals surface area contributed by atoms with E-state index < -0.39 is 17.2 Å². The third-order valence-electron chi connectivity index (χ3n) is 6.23. The molecule has 2 aromatic carbocycles. The number of hydrogen-bond donors (Lipinski definition) is 2. The molecule has 2 aromatic heterocycles. The van der Waals surface area contributed by atoms with E-state index in [1.165, 1.54) is 12.1 Å². The van der Waals surface area contributed by atoms with Crippen molar-refractivity contribution in [1.82, 2.24) is 25.6 Å². The molecule has 5 rings (SSSR count). The van der Waals surface area contributed by atoms with Crippen LogP contribution in [0, 0.1) is 0 Å². The Kier molecular flexibility index (Phi) is 6.14. The third kappa shape index (κ3) is 5.02. The van der Waals surface area contributed by atoms with Gasteiger partial charge in [0.1, 0.15) is 0 Å². The lowest BCUT2D eigenvalue weighted by Crippen LogP contribution is -2.28. The normalized spacial score (nSPS) is 14.4. The maximum atomic E-state index is 13.3. The Bertz CT molecular complexity index is 1400. The number of hydrogen-bond acceptors (Lipinski definition) is 6. The van der Waals surface area contributed by atoms with E-state index in [9.17, 15) is 18.0 Å². The number of benzene rings is 2. The molecule has 8 nitrogen and oxygen atoms in total. The third-order valence-corrected chi connectivity index (χ3v) is 6.23. The Morgan fingerprint density at radius 3 is 2.38 bits per heavy atom. The molecule has 1 fully saturated rings. The average Bonchev–Trinajstić information content (AvgIpc) is 3.50. The average molecular weight is 509 g/mol. The van der Waals surface area contributed by atoms with Gasteiger partial charge in [0.15, 0.2) is 5.82 Å². The molecule has 1 aliphatic rings. The van der Waals surface area contributed by atoms with Crippen molar-refractivity contribution < 1.29 is 22.7 Å². The lowest BCUT2D eigenvalue weighted by molar-refractivity contribution is -0.137. The molecule has 0 atom stereocenters. The van der Waals surface area contributed by atoms with Crippen molar-refractivity contribution in [3.63, 3.8) is 0 Å². The topological polar surface area (TPSA) is 106 Å². The Morgan fingerprint density at radius 2 is 1.81 bits per heavy atom. The Labute approximate surface area is 210 Å². The van der Waals surface area contributed by atoms with Gasteiger partial charge in [-0.05, 0) is 78.6 Å². The molecule has 0 radical (unpaired) electrons. The van der Waals surface area contributed by atoms with Crippen molar-refractivity contribution in [3.8, 4) is 28.4 Å². The SMILES string of the molecule is CC(C)Oc1ccc(-c2ccc(NC(=O)C3(c4ccc(C(F)(F)F)cc4)CC3)cc2-c2nnn[nH]2)cn1. The van der Waals surface area contributed by atoms with Crippen LogP contribution in [0.4, 0.5) is 18.9 Å². The smallest absolute Gasteiger partial charge is 0.416 e. The van der Waals surface area contributed by atoms with E-state index in [-0.39, 0.29) is 12.0 Å². The van der Waals surface area contributed by atoms with E-state index in [0.29, 0.717) is 41.4 Å². The number of anilines is 1. The van der Waals surface area contributed by atoms with Gasteiger partial charge in [-0.25, -0.2) is 10.1 Å². The fourth-order valence-electron chi connectivity index (χ4n) is 4.19. The van der Waals surface area contributed by atoms with Crippen LogP contribution in [0.3, 0.4) is 0 Å². The number of halogens is 3. The molecule has 2 N–H and O–H groups in total. The predicted molar refractivity (Wildman–Crippen MR) is 130 cm³/mol. The van der Waals surface area contributed by atoms with E-state index in [0.717, 1.165) is 23.3 Å². The molecule has 4 aromatic rings. The number of aromatic amines is 1. The summed E-state index contributed by atoms with van der Waals surface area (Å²) < 4.78 is 44.5. The zero-order valence-corrected chi connectivity index (χ0v) is 20.0. The molecule has 0 spiro atoms. The van der Waals surface area contributed by atoms with Gasteiger partial charge in [-0.1, -0.05) is 18.2 Å². The molecule has 1 aliphatic carbocycles. The largest absolute Gasteiger partial charge is 0.475 e. The molecule has 2 heterocycles. The molecule has 37 heavy (non-hydrogen) atoms. The van der Waals surface area contributed by atoms with E-state index in [1.807, 2.05) is 26.0 Å². The first-order valence-electron chi connectivity index (χ1n) is 11.7. The lowest BCUT2D eigenvalue weighted by atomic mass is 9.93. The standard InChI is InChI=1S/C26H23F3N6O2/c1-15(2)37-22-10-3-16(14-30-22)20-9-8-19(13-21(20)23-32-34-35-33-23)31-24(36)25(11-12-25)17-4-6-18(7-5-17)26(27,28)29/h3-10,13-15H,11-12H2,1-2H3,(H,31,36)(H,32,33,34,35). The summed E-state index contributed by atoms with van der Waals surface area (Å²) in [6.07, 6.45) is -1.64. The Balaban J connectivity index is 1.41. The van der Waals surface area contributed by atoms with Crippen molar-refractivity contribution in [3.05, 3.63) is 71.9 Å². The minimum absolute atomic E-state index is 0.00518. The van der Waals surface area contributed by atoms with Crippen LogP contribution in [0.5, 0.6) is 5.88 Å². The quantitative estimate of drug-likeness (QED) is 0.346. The van der Waals surface area contributed by atoms with Gasteiger partial charge in [-0.3, -0.25) is 4.79 Å². The monoisotopic (exact) mass is 508 g/mol. The summed E-state index contributed by atoms with van der Waals surface area (Å²) in [5.41, 5.74) is 1.68. The Morgan fingerprint density at radius 1 is 1.05 bits per heavy atom. The molecular formula is C26H23F3N6O2. The van der Waals surface area contributed by atoms with E-state index in [4.69, 9.17) is 4.74 Å². The highest BCUT2D eigenvalue weighted by Crippen LogP contribution is 2.49. The van der Waals surface area contributed by atoms with Crippen molar-refractivity contribution >= 4 is 11.6 Å². The number of pyridine rings is 1. The van der Waals surface area contributed by atoms with Crippen LogP contribution >= 0.6 is 0 Å². The van der Waals surface area contributed by atoms with Crippen LogP contribution in [0.2, 0.25) is 0 Å². The van der Waals surface area contributed by atoms with Crippen LogP contribution in [0.25, 0.3) is 22.5 Å². The van der Waals surface area contributed by atoms with Crippen molar-refractivity contribution in [1.29, 1.82) is 0 Å². The number of carbonyl (C=O) groups is 1. The summed E-state index contributed by atoms with van der Waals surface area (Å²) in [5.74, 6) is 0.625. The molecule has 1 amide bonds. The summed E-state index contributed by atoms with van der Waals surface area (Å²) in [4.78, 5) is 17.6. The van der Waals surface area contributed by atoms with Gasteiger partial charge in [0.25, 0.3) is 0 Å². The molecule has 0 bridgehead atoms. The number of amides is 1. The first-order valence-corrected chi connectivity index (χ1v) is 11.7. The zero-order chi connectivity index (χ0) is 26.2. The first kappa shape index (κ1) is 24.4. The molecule has 0 saturated heterocycles. The van der Waals surface area contributed by atoms with Gasteiger partial charge in [0.2, 0.25) is 11.8 Å². The molecule has 190 valence electrons. The summed E-state index contributed by atoms with van der Waals surface area (Å²) in [5, 5.41) is 17.0. The van der Waals surface area contributed by atoms with Crippen LogP contribution in [-0.2, 0) is 16.4 Å². The van der Waals surface area contributed by atoms with Crippen molar-refractivity contribution in [2.45, 2.75) is 44.4 Å². The van der Waals surface area contributed by atoms with Gasteiger partial charge in [-0.2, -0.15) is 13.2 Å². The van der Waals surface area contributed by atoms with Gasteiger partial charge in [-0.15, -0.1) is 5.10 Å². The van der Waals surface area contributed by atoms with Gasteiger partial charge < -0.3 is 10.1 Å². The molecule has 11 heteroatoms. The van der Waals surface area contributed by atoms with Crippen LogP contribution in [-0.4, -0.2) is 37.6 Å². The second-order valence-electron chi connectivity index (χ2n) is 9.17. The van der Waals surface area contributed by atoms with E-state index in [1.54, 1.807) is 24.4 Å². The van der Waals surface area contributed by atoms with Crippen LogP contribution < -0.4 is 10.1 Å². The summed E-state index contributed by atoms with van der Waals surface area (Å²) in [7, 11) is 0. The molecule has 0 aliphatic heterocycles. The highest BCUT2D eigenvalue weighted by molar-refractivity contribution is 6.02. The number of aromatic nitrogens is 5. The minimum Gasteiger partial charge on any atom is -0.475 e. The number of rotatable bonds is 7. The second kappa shape index (κ2) is 9.30. The highest BCUT2D eigenvalue weighted by Gasteiger charge is 2.51. The highest BCUT2D eigenvalue weighted by atomic mass is 19.4. The number of alkyl halides is 3. The van der Waals surface area contributed by atoms with Crippen molar-refractivity contribution in [2.24, 2.45) is 0 Å². The molecule has 1 saturated carbocycles. The predicted octanol–water partition coefficient (Wildman–Crippen LogP) is 5.41. The maximum Gasteiger partial charge on any atom is 0.416 e. The number of nitrogens with zero attached hydrogens (tertiary/aromatic N) is 4. The minimum atomic E-state index is -4.43. The second-order valence-corrected chi connectivity index (χ2v) is 9.17. The van der Waals surface area contributed by atoms with Crippen LogP contribution in [0.15, 0.2) is 60.8 Å². The summed E-state index contributed by atoms with van der Waals surface area (Å²) in [6.45, 7) is 3.84. The fourth-order valence-corrected chi connectivity index (χ4v) is 4.19. The van der Waals surface area contributed by atoms with Crippen LogP contribution in [0.1, 0.15) is 37.8 Å². The number of nitrogens with one attached hydrogen (secondary N) is 2. The number of H-pyrrole nitrogens is 1. The summed E-state index contributed by atoms with van der Waals surface area (Å²) in [6, 6.07) is 13.7. The first-order chi connectivity index (χ1) is 17.7. The lowest BCUT2D eigenvalue weighted by Gasteiger charge is -2.18. The zero-order valence-electron chi connectivity index (χ0n) is 20.0. The Hall–Kier alpha value is -4.28. The summed E-state index contributed by atoms with van der Waals surface area (Å²) >= 11 is 0. The number of ether oxygens (including phenoxy) is 1. The van der Waals surface area contributed by atoms with E-state index >= 15 is 0 Å². The van der Waals surface area contributed by atoms with Gasteiger partial charge in [0, 0.05) is 29.1 Å². The van der Waals surface area contributed by atoms with Crippen molar-refractivity contribution in [2.75, 3.05) is 5.32 Å². The van der Waals surface area contributed by atoms with E-state index in [2.05, 4.69) is 30.9 Å². The molecule has 0 unspecified atom stereocenters. The number of tetrazole rings is 1. The van der Waals surface area contributed by atoms with Gasteiger partial charge in [0.05, 0.1) is 17.1 Å².